The molecule has 0 amide bonds. The Bertz CT molecular complexity index is 395. The van der Waals surface area contributed by atoms with Crippen LogP contribution in [-0.4, -0.2) is 34.1 Å². The van der Waals surface area contributed by atoms with E-state index in [0.29, 0.717) is 0 Å². The van der Waals surface area contributed by atoms with Crippen molar-refractivity contribution in [2.75, 3.05) is 6.61 Å². The molecule has 0 saturated heterocycles. The summed E-state index contributed by atoms with van der Waals surface area (Å²) < 4.78 is 4.74. The molecule has 0 unspecified atom stereocenters. The number of carbonyl (C=O) groups excluding carboxylic acids is 1. The molecule has 1 rings (SSSR count). The van der Waals surface area contributed by atoms with Crippen LogP contribution in [0.1, 0.15) is 10.4 Å². The van der Waals surface area contributed by atoms with Crippen LogP contribution in [0.15, 0.2) is 36.9 Å². The molecule has 0 spiro atoms. The van der Waals surface area contributed by atoms with Crippen LogP contribution >= 0.6 is 0 Å². The van der Waals surface area contributed by atoms with E-state index in [0.717, 1.165) is 0 Å². The zero-order valence-corrected chi connectivity index (χ0v) is 8.87. The van der Waals surface area contributed by atoms with E-state index in [1.165, 1.54) is 18.2 Å². The predicted octanol–water partition coefficient (Wildman–Crippen LogP) is 1.96. The average Bonchev–Trinajstić information content (AvgIpc) is 2.26. The molecular formula is C11H12O6. The molecule has 6 heteroatoms. The van der Waals surface area contributed by atoms with Gasteiger partial charge in [-0.15, -0.1) is 0 Å². The molecule has 0 bridgehead atoms. The van der Waals surface area contributed by atoms with E-state index in [1.54, 1.807) is 12.1 Å². The molecule has 0 saturated carbocycles. The number of para-hydroxylation sites is 1. The number of rotatable bonds is 3. The largest absolute Gasteiger partial charge is 0.507 e. The highest BCUT2D eigenvalue weighted by Crippen LogP contribution is 2.16. The number of aromatic hydroxyl groups is 1. The highest BCUT2D eigenvalue weighted by atomic mass is 16.6. The number of ether oxygens (including phenoxy) is 1. The Morgan fingerprint density at radius 1 is 1.29 bits per heavy atom. The van der Waals surface area contributed by atoms with Crippen LogP contribution < -0.4 is 0 Å². The minimum absolute atomic E-state index is 0.0726. The van der Waals surface area contributed by atoms with Gasteiger partial charge in [0.2, 0.25) is 0 Å². The van der Waals surface area contributed by atoms with Crippen molar-refractivity contribution >= 4 is 12.1 Å². The van der Waals surface area contributed by atoms with Crippen molar-refractivity contribution in [1.82, 2.24) is 0 Å². The van der Waals surface area contributed by atoms with Crippen LogP contribution in [0.2, 0.25) is 0 Å². The fourth-order valence-corrected chi connectivity index (χ4v) is 0.859. The second-order valence-electron chi connectivity index (χ2n) is 2.69. The van der Waals surface area contributed by atoms with Gasteiger partial charge >= 0.3 is 12.1 Å². The van der Waals surface area contributed by atoms with E-state index in [-0.39, 0.29) is 17.9 Å². The zero-order valence-electron chi connectivity index (χ0n) is 8.87. The van der Waals surface area contributed by atoms with Gasteiger partial charge in [0, 0.05) is 0 Å². The lowest BCUT2D eigenvalue weighted by atomic mass is 10.2. The SMILES string of the molecule is C=CCOC(=O)c1ccccc1O.O=C(O)O. The Balaban J connectivity index is 0.000000557. The maximum absolute atomic E-state index is 11.2. The molecule has 0 atom stereocenters. The topological polar surface area (TPSA) is 104 Å². The Kier molecular flexibility index (Phi) is 6.61. The number of phenolic OH excluding ortho intramolecular Hbond substituents is 1. The second-order valence-corrected chi connectivity index (χ2v) is 2.69. The first-order valence-electron chi connectivity index (χ1n) is 4.47. The minimum atomic E-state index is -1.83. The summed E-state index contributed by atoms with van der Waals surface area (Å²) in [6.45, 7) is 3.56. The summed E-state index contributed by atoms with van der Waals surface area (Å²) in [5, 5.41) is 23.2. The van der Waals surface area contributed by atoms with Gasteiger partial charge in [-0.3, -0.25) is 0 Å². The third-order valence-electron chi connectivity index (χ3n) is 1.46. The number of carboxylic acid groups (broad SMARTS) is 2. The fourth-order valence-electron chi connectivity index (χ4n) is 0.859. The molecule has 0 aliphatic rings. The summed E-state index contributed by atoms with van der Waals surface area (Å²) in [5.41, 5.74) is 0.171. The molecule has 3 N–H and O–H groups in total. The van der Waals surface area contributed by atoms with Crippen LogP contribution in [0.25, 0.3) is 0 Å². The number of esters is 1. The van der Waals surface area contributed by atoms with Crippen molar-refractivity contribution in [2.24, 2.45) is 0 Å². The lowest BCUT2D eigenvalue weighted by Gasteiger charge is -2.02. The standard InChI is InChI=1S/C10H10O3.CH2O3/c1-2-7-13-10(12)8-5-3-4-6-9(8)11;2-1(3)4/h2-6,11H,1,7H2;(H2,2,3,4). The Morgan fingerprint density at radius 3 is 2.29 bits per heavy atom. The van der Waals surface area contributed by atoms with Crippen molar-refractivity contribution in [3.63, 3.8) is 0 Å². The van der Waals surface area contributed by atoms with Crippen LogP contribution in [0, 0.1) is 0 Å². The van der Waals surface area contributed by atoms with Crippen LogP contribution in [0.3, 0.4) is 0 Å². The highest BCUT2D eigenvalue weighted by Gasteiger charge is 2.09. The molecular weight excluding hydrogens is 228 g/mol. The second kappa shape index (κ2) is 7.75. The molecule has 0 aromatic heterocycles. The summed E-state index contributed by atoms with van der Waals surface area (Å²) in [5.74, 6) is -0.616. The van der Waals surface area contributed by atoms with E-state index in [2.05, 4.69) is 6.58 Å². The van der Waals surface area contributed by atoms with Gasteiger partial charge < -0.3 is 20.1 Å². The number of carbonyl (C=O) groups is 2. The molecule has 0 heterocycles. The van der Waals surface area contributed by atoms with Gasteiger partial charge in [-0.1, -0.05) is 24.8 Å². The monoisotopic (exact) mass is 240 g/mol. The van der Waals surface area contributed by atoms with Gasteiger partial charge in [0.1, 0.15) is 17.9 Å². The molecule has 92 valence electrons. The van der Waals surface area contributed by atoms with Crippen LogP contribution in [0.5, 0.6) is 5.75 Å². The Labute approximate surface area is 97.4 Å². The first kappa shape index (κ1) is 14.5. The maximum atomic E-state index is 11.2. The van der Waals surface area contributed by atoms with E-state index < -0.39 is 12.1 Å². The summed E-state index contributed by atoms with van der Waals surface area (Å²) in [6, 6.07) is 6.23. The Hall–Kier alpha value is -2.50. The number of hydrogen-bond acceptors (Lipinski definition) is 4. The number of benzene rings is 1. The molecule has 0 radical (unpaired) electrons. The smallest absolute Gasteiger partial charge is 0.503 e. The van der Waals surface area contributed by atoms with Crippen LogP contribution in [-0.2, 0) is 4.74 Å². The lowest BCUT2D eigenvalue weighted by Crippen LogP contribution is -2.04. The first-order valence-corrected chi connectivity index (χ1v) is 4.47. The maximum Gasteiger partial charge on any atom is 0.503 e. The number of phenols is 1. The molecule has 1 aromatic rings. The quantitative estimate of drug-likeness (QED) is 0.551. The predicted molar refractivity (Wildman–Crippen MR) is 59.2 cm³/mol. The lowest BCUT2D eigenvalue weighted by molar-refractivity contribution is 0.0546. The molecule has 0 aliphatic carbocycles. The Morgan fingerprint density at radius 2 is 1.82 bits per heavy atom. The first-order chi connectivity index (χ1) is 7.99. The molecule has 17 heavy (non-hydrogen) atoms. The van der Waals surface area contributed by atoms with E-state index in [1.807, 2.05) is 0 Å². The van der Waals surface area contributed by atoms with Crippen molar-refractivity contribution in [1.29, 1.82) is 0 Å². The van der Waals surface area contributed by atoms with Crippen molar-refractivity contribution in [3.8, 4) is 5.75 Å². The summed E-state index contributed by atoms with van der Waals surface area (Å²) in [4.78, 5) is 19.7. The van der Waals surface area contributed by atoms with Gasteiger partial charge in [0.05, 0.1) is 0 Å². The van der Waals surface area contributed by atoms with Gasteiger partial charge in [-0.2, -0.15) is 0 Å². The van der Waals surface area contributed by atoms with Crippen LogP contribution in [0.4, 0.5) is 4.79 Å². The average molecular weight is 240 g/mol. The summed E-state index contributed by atoms with van der Waals surface area (Å²) in [6.07, 6.45) is -0.363. The summed E-state index contributed by atoms with van der Waals surface area (Å²) in [7, 11) is 0. The molecule has 0 aliphatic heterocycles. The van der Waals surface area contributed by atoms with Crippen molar-refractivity contribution in [2.45, 2.75) is 0 Å². The number of hydrogen-bond donors (Lipinski definition) is 3. The third-order valence-corrected chi connectivity index (χ3v) is 1.46. The normalized spacial score (nSPS) is 8.47. The van der Waals surface area contributed by atoms with Crippen molar-refractivity contribution in [3.05, 3.63) is 42.5 Å². The van der Waals surface area contributed by atoms with E-state index in [9.17, 15) is 9.90 Å². The van der Waals surface area contributed by atoms with E-state index in [4.69, 9.17) is 19.7 Å². The van der Waals surface area contributed by atoms with Gasteiger partial charge in [0.25, 0.3) is 0 Å². The van der Waals surface area contributed by atoms with Gasteiger partial charge in [-0.05, 0) is 12.1 Å². The zero-order chi connectivity index (χ0) is 13.3. The molecule has 0 fully saturated rings. The summed E-state index contributed by atoms with van der Waals surface area (Å²) >= 11 is 0. The highest BCUT2D eigenvalue weighted by molar-refractivity contribution is 5.92. The molecule has 1 aromatic carbocycles. The molecule has 6 nitrogen and oxygen atoms in total. The minimum Gasteiger partial charge on any atom is -0.507 e. The van der Waals surface area contributed by atoms with Gasteiger partial charge in [-0.25, -0.2) is 9.59 Å². The third kappa shape index (κ3) is 6.56. The van der Waals surface area contributed by atoms with E-state index >= 15 is 0 Å². The van der Waals surface area contributed by atoms with Gasteiger partial charge in [0.15, 0.2) is 0 Å². The fraction of sp³-hybridized carbons (Fsp3) is 0.0909. The van der Waals surface area contributed by atoms with Crippen molar-refractivity contribution < 1.29 is 29.6 Å².